The van der Waals surface area contributed by atoms with Crippen molar-refractivity contribution in [3.05, 3.63) is 0 Å². The molecule has 0 atom stereocenters. The molecule has 3 fully saturated rings. The maximum Gasteiger partial charge on any atom is 0.228 e. The van der Waals surface area contributed by atoms with Crippen LogP contribution in [0.15, 0.2) is 0 Å². The maximum absolute atomic E-state index is 12.6. The van der Waals surface area contributed by atoms with Crippen molar-refractivity contribution in [2.24, 2.45) is 10.8 Å². The predicted octanol–water partition coefficient (Wildman–Crippen LogP) is 2.21. The van der Waals surface area contributed by atoms with E-state index < -0.39 is 0 Å². The van der Waals surface area contributed by atoms with E-state index in [0.29, 0.717) is 11.3 Å². The third-order valence-corrected chi connectivity index (χ3v) is 5.18. The smallest absolute Gasteiger partial charge is 0.228 e. The number of hydrogen-bond donors (Lipinski definition) is 0. The van der Waals surface area contributed by atoms with Gasteiger partial charge in [0.1, 0.15) is 0 Å². The molecule has 0 bridgehead atoms. The summed E-state index contributed by atoms with van der Waals surface area (Å²) in [7, 11) is 0. The Balaban J connectivity index is 1.61. The van der Waals surface area contributed by atoms with Gasteiger partial charge < -0.3 is 9.64 Å². The number of nitrogens with zero attached hydrogens (tertiary/aromatic N) is 1. The molecule has 1 spiro atoms. The summed E-state index contributed by atoms with van der Waals surface area (Å²) in [5.74, 6) is 0.385. The molecule has 3 rings (SSSR count). The number of rotatable bonds is 1. The molecule has 0 aromatic heterocycles. The summed E-state index contributed by atoms with van der Waals surface area (Å²) in [5.41, 5.74) is 0.514. The molecular formula is C14H23NO2. The average molecular weight is 237 g/mol. The quantitative estimate of drug-likeness (QED) is 0.699. The van der Waals surface area contributed by atoms with Crippen LogP contribution in [0.3, 0.4) is 0 Å². The largest absolute Gasteiger partial charge is 0.381 e. The summed E-state index contributed by atoms with van der Waals surface area (Å²) in [6, 6.07) is 0. The second kappa shape index (κ2) is 3.98. The van der Waals surface area contributed by atoms with Crippen LogP contribution < -0.4 is 0 Å². The van der Waals surface area contributed by atoms with Gasteiger partial charge in [-0.1, -0.05) is 6.92 Å². The zero-order valence-corrected chi connectivity index (χ0v) is 10.8. The minimum atomic E-state index is -0.147. The van der Waals surface area contributed by atoms with Gasteiger partial charge in [0.25, 0.3) is 0 Å². The van der Waals surface area contributed by atoms with E-state index in [1.165, 1.54) is 25.7 Å². The second-order valence-electron chi connectivity index (χ2n) is 6.47. The number of ether oxygens (including phenoxy) is 1. The lowest BCUT2D eigenvalue weighted by Gasteiger charge is -2.40. The van der Waals surface area contributed by atoms with Crippen LogP contribution in [0, 0.1) is 10.8 Å². The molecule has 3 nitrogen and oxygen atoms in total. The van der Waals surface area contributed by atoms with Gasteiger partial charge in [-0.15, -0.1) is 0 Å². The van der Waals surface area contributed by atoms with Crippen molar-refractivity contribution in [2.45, 2.75) is 45.4 Å². The second-order valence-corrected chi connectivity index (χ2v) is 6.47. The van der Waals surface area contributed by atoms with Crippen LogP contribution in [0.1, 0.15) is 45.4 Å². The first-order valence-corrected chi connectivity index (χ1v) is 7.01. The molecule has 3 aliphatic rings. The van der Waals surface area contributed by atoms with Crippen molar-refractivity contribution >= 4 is 5.91 Å². The molecule has 3 heteroatoms. The van der Waals surface area contributed by atoms with Gasteiger partial charge in [-0.05, 0) is 43.9 Å². The molecule has 0 radical (unpaired) electrons. The SMILES string of the molecule is CC1(C(=O)N2CCC3(CC2)CC3)CCOCC1. The van der Waals surface area contributed by atoms with Crippen LogP contribution in [-0.2, 0) is 9.53 Å². The standard InChI is InChI=1S/C14H23NO2/c1-13(6-10-17-11-7-13)12(16)15-8-4-14(2-3-14)5-9-15/h2-11H2,1H3. The van der Waals surface area contributed by atoms with Crippen LogP contribution in [0.25, 0.3) is 0 Å². The molecule has 1 saturated carbocycles. The molecule has 2 heterocycles. The Hall–Kier alpha value is -0.570. The Morgan fingerprint density at radius 2 is 1.59 bits per heavy atom. The molecule has 2 saturated heterocycles. The predicted molar refractivity (Wildman–Crippen MR) is 65.6 cm³/mol. The molecule has 0 aromatic rings. The highest BCUT2D eigenvalue weighted by Gasteiger charge is 2.47. The van der Waals surface area contributed by atoms with Gasteiger partial charge in [0.15, 0.2) is 0 Å². The maximum atomic E-state index is 12.6. The summed E-state index contributed by atoms with van der Waals surface area (Å²) >= 11 is 0. The summed E-state index contributed by atoms with van der Waals surface area (Å²) < 4.78 is 5.37. The van der Waals surface area contributed by atoms with Crippen molar-refractivity contribution in [1.82, 2.24) is 4.90 Å². The number of likely N-dealkylation sites (tertiary alicyclic amines) is 1. The Morgan fingerprint density at radius 3 is 2.12 bits per heavy atom. The summed E-state index contributed by atoms with van der Waals surface area (Å²) in [6.07, 6.45) is 7.08. The number of carbonyl (C=O) groups is 1. The van der Waals surface area contributed by atoms with Crippen LogP contribution in [0.5, 0.6) is 0 Å². The van der Waals surface area contributed by atoms with Gasteiger partial charge >= 0.3 is 0 Å². The normalized spacial score (nSPS) is 30.3. The van der Waals surface area contributed by atoms with Crippen LogP contribution >= 0.6 is 0 Å². The zero-order chi connectivity index (χ0) is 11.9. The van der Waals surface area contributed by atoms with Crippen molar-refractivity contribution < 1.29 is 9.53 Å². The van der Waals surface area contributed by atoms with E-state index in [1.807, 2.05) is 0 Å². The lowest BCUT2D eigenvalue weighted by molar-refractivity contribution is -0.148. The van der Waals surface area contributed by atoms with Crippen LogP contribution in [0.4, 0.5) is 0 Å². The third-order valence-electron chi connectivity index (χ3n) is 5.18. The number of piperidine rings is 1. The molecule has 1 amide bonds. The van der Waals surface area contributed by atoms with E-state index in [4.69, 9.17) is 4.74 Å². The number of carbonyl (C=O) groups excluding carboxylic acids is 1. The van der Waals surface area contributed by atoms with Crippen LogP contribution in [0.2, 0.25) is 0 Å². The zero-order valence-electron chi connectivity index (χ0n) is 10.8. The Kier molecular flexibility index (Phi) is 2.69. The molecule has 0 unspecified atom stereocenters. The van der Waals surface area contributed by atoms with Gasteiger partial charge in [0.2, 0.25) is 5.91 Å². The fraction of sp³-hybridized carbons (Fsp3) is 0.929. The molecule has 96 valence electrons. The first-order valence-electron chi connectivity index (χ1n) is 7.01. The van der Waals surface area contributed by atoms with Crippen molar-refractivity contribution in [3.8, 4) is 0 Å². The van der Waals surface area contributed by atoms with Crippen molar-refractivity contribution in [2.75, 3.05) is 26.3 Å². The monoisotopic (exact) mass is 237 g/mol. The lowest BCUT2D eigenvalue weighted by Crippen LogP contribution is -2.48. The molecule has 2 aliphatic heterocycles. The highest BCUT2D eigenvalue weighted by atomic mass is 16.5. The Bertz CT molecular complexity index is 306. The molecule has 0 aromatic carbocycles. The highest BCUT2D eigenvalue weighted by Crippen LogP contribution is 2.53. The Morgan fingerprint density at radius 1 is 1.00 bits per heavy atom. The summed E-state index contributed by atoms with van der Waals surface area (Å²) in [5, 5.41) is 0. The molecule has 17 heavy (non-hydrogen) atoms. The first-order chi connectivity index (χ1) is 8.14. The summed E-state index contributed by atoms with van der Waals surface area (Å²) in [6.45, 7) is 5.62. The van der Waals surface area contributed by atoms with Crippen LogP contribution in [-0.4, -0.2) is 37.1 Å². The number of amides is 1. The third kappa shape index (κ3) is 2.10. The molecule has 1 aliphatic carbocycles. The van der Waals surface area contributed by atoms with E-state index >= 15 is 0 Å². The summed E-state index contributed by atoms with van der Waals surface area (Å²) in [4.78, 5) is 14.7. The van der Waals surface area contributed by atoms with Gasteiger partial charge in [-0.3, -0.25) is 4.79 Å². The first kappa shape index (κ1) is 11.5. The van der Waals surface area contributed by atoms with Gasteiger partial charge in [0.05, 0.1) is 5.41 Å². The van der Waals surface area contributed by atoms with E-state index in [1.54, 1.807) is 0 Å². The fourth-order valence-corrected chi connectivity index (χ4v) is 3.28. The van der Waals surface area contributed by atoms with Gasteiger partial charge in [-0.2, -0.15) is 0 Å². The van der Waals surface area contributed by atoms with Crippen molar-refractivity contribution in [3.63, 3.8) is 0 Å². The van der Waals surface area contributed by atoms with E-state index in [-0.39, 0.29) is 5.41 Å². The fourth-order valence-electron chi connectivity index (χ4n) is 3.28. The minimum absolute atomic E-state index is 0.147. The minimum Gasteiger partial charge on any atom is -0.381 e. The Labute approximate surface area is 104 Å². The average Bonchev–Trinajstić information content (AvgIpc) is 3.10. The molecular weight excluding hydrogens is 214 g/mol. The highest BCUT2D eigenvalue weighted by molar-refractivity contribution is 5.82. The lowest BCUT2D eigenvalue weighted by atomic mass is 9.80. The van der Waals surface area contributed by atoms with Crippen molar-refractivity contribution in [1.29, 1.82) is 0 Å². The van der Waals surface area contributed by atoms with E-state index in [2.05, 4.69) is 11.8 Å². The van der Waals surface area contributed by atoms with E-state index in [9.17, 15) is 4.79 Å². The molecule has 0 N–H and O–H groups in total. The van der Waals surface area contributed by atoms with Gasteiger partial charge in [-0.25, -0.2) is 0 Å². The van der Waals surface area contributed by atoms with E-state index in [0.717, 1.165) is 39.1 Å². The van der Waals surface area contributed by atoms with Gasteiger partial charge in [0, 0.05) is 26.3 Å². The topological polar surface area (TPSA) is 29.5 Å². The number of hydrogen-bond acceptors (Lipinski definition) is 2.